The highest BCUT2D eigenvalue weighted by atomic mass is 16.1. The van der Waals surface area contributed by atoms with Crippen LogP contribution in [0.3, 0.4) is 0 Å². The molecule has 2 unspecified atom stereocenters. The van der Waals surface area contributed by atoms with Crippen molar-refractivity contribution < 1.29 is 4.79 Å². The Bertz CT molecular complexity index is 167. The number of carbonyl (C=O) groups is 1. The topological polar surface area (TPSA) is 20.3 Å². The van der Waals surface area contributed by atoms with E-state index in [9.17, 15) is 4.79 Å². The second kappa shape index (κ2) is 4.04. The molecule has 0 aromatic carbocycles. The maximum atomic E-state index is 11.3. The highest BCUT2D eigenvalue weighted by Crippen LogP contribution is 2.18. The first-order chi connectivity index (χ1) is 5.65. The van der Waals surface area contributed by atoms with Crippen LogP contribution in [0.15, 0.2) is 0 Å². The van der Waals surface area contributed by atoms with E-state index in [2.05, 4.69) is 18.7 Å². The number of hydrogen-bond donors (Lipinski definition) is 0. The minimum Gasteiger partial charge on any atom is -0.300 e. The lowest BCUT2D eigenvalue weighted by Crippen LogP contribution is -2.45. The normalized spacial score (nSPS) is 32.4. The first kappa shape index (κ1) is 9.72. The Hall–Kier alpha value is -0.370. The summed E-state index contributed by atoms with van der Waals surface area (Å²) in [5.41, 5.74) is 0. The predicted octanol–water partition coefficient (Wildman–Crippen LogP) is 1.70. The van der Waals surface area contributed by atoms with Gasteiger partial charge in [-0.2, -0.15) is 0 Å². The van der Waals surface area contributed by atoms with E-state index >= 15 is 0 Å². The lowest BCUT2D eigenvalue weighted by Gasteiger charge is -2.35. The van der Waals surface area contributed by atoms with Crippen LogP contribution in [0, 0.1) is 5.92 Å². The van der Waals surface area contributed by atoms with Crippen molar-refractivity contribution in [2.24, 2.45) is 5.92 Å². The second-order valence-corrected chi connectivity index (χ2v) is 3.92. The number of ketones is 1. The third kappa shape index (κ3) is 2.07. The summed E-state index contributed by atoms with van der Waals surface area (Å²) in [7, 11) is 0. The Labute approximate surface area is 74.9 Å². The zero-order valence-electron chi connectivity index (χ0n) is 8.34. The van der Waals surface area contributed by atoms with Crippen molar-refractivity contribution in [3.05, 3.63) is 0 Å². The van der Waals surface area contributed by atoms with Crippen LogP contribution in [0.1, 0.15) is 33.6 Å². The highest BCUT2D eigenvalue weighted by Gasteiger charge is 2.27. The van der Waals surface area contributed by atoms with Crippen LogP contribution >= 0.6 is 0 Å². The van der Waals surface area contributed by atoms with Crippen LogP contribution < -0.4 is 0 Å². The minimum absolute atomic E-state index is 0.257. The van der Waals surface area contributed by atoms with Gasteiger partial charge in [-0.1, -0.05) is 13.8 Å². The molecule has 0 aliphatic carbocycles. The molecular formula is C10H19NO. The molecule has 1 aliphatic heterocycles. The van der Waals surface area contributed by atoms with E-state index in [-0.39, 0.29) is 5.92 Å². The van der Waals surface area contributed by atoms with Gasteiger partial charge in [0, 0.05) is 24.9 Å². The van der Waals surface area contributed by atoms with Crippen LogP contribution in [-0.2, 0) is 4.79 Å². The van der Waals surface area contributed by atoms with Crippen molar-refractivity contribution in [1.29, 1.82) is 0 Å². The van der Waals surface area contributed by atoms with Gasteiger partial charge in [-0.05, 0) is 19.9 Å². The van der Waals surface area contributed by atoms with Crippen molar-refractivity contribution in [2.45, 2.75) is 39.7 Å². The summed E-state index contributed by atoms with van der Waals surface area (Å²) in [5, 5.41) is 0. The van der Waals surface area contributed by atoms with Crippen molar-refractivity contribution in [1.82, 2.24) is 4.90 Å². The van der Waals surface area contributed by atoms with Gasteiger partial charge in [0.25, 0.3) is 0 Å². The Morgan fingerprint density at radius 3 is 2.75 bits per heavy atom. The van der Waals surface area contributed by atoms with Gasteiger partial charge in [-0.15, -0.1) is 0 Å². The van der Waals surface area contributed by atoms with E-state index in [4.69, 9.17) is 0 Å². The number of Topliss-reactive ketones (excluding diaryl/α,β-unsaturated/α-hetero) is 1. The predicted molar refractivity (Wildman–Crippen MR) is 50.1 cm³/mol. The fourth-order valence-electron chi connectivity index (χ4n) is 1.85. The highest BCUT2D eigenvalue weighted by molar-refractivity contribution is 5.82. The maximum absolute atomic E-state index is 11.3. The first-order valence-electron chi connectivity index (χ1n) is 4.92. The van der Waals surface area contributed by atoms with E-state index in [1.807, 2.05) is 6.92 Å². The summed E-state index contributed by atoms with van der Waals surface area (Å²) in [6.45, 7) is 8.48. The fourth-order valence-corrected chi connectivity index (χ4v) is 1.85. The van der Waals surface area contributed by atoms with Crippen LogP contribution in [0.2, 0.25) is 0 Å². The Morgan fingerprint density at radius 2 is 2.17 bits per heavy atom. The molecule has 2 atom stereocenters. The van der Waals surface area contributed by atoms with Gasteiger partial charge in [0.05, 0.1) is 0 Å². The molecule has 0 bridgehead atoms. The molecule has 12 heavy (non-hydrogen) atoms. The van der Waals surface area contributed by atoms with Gasteiger partial charge in [0.15, 0.2) is 0 Å². The van der Waals surface area contributed by atoms with Crippen molar-refractivity contribution in [3.63, 3.8) is 0 Å². The average molecular weight is 169 g/mol. The third-order valence-electron chi connectivity index (χ3n) is 2.69. The number of piperidine rings is 1. The van der Waals surface area contributed by atoms with Gasteiger partial charge in [0.1, 0.15) is 5.78 Å². The average Bonchev–Trinajstić information content (AvgIpc) is 2.01. The van der Waals surface area contributed by atoms with Gasteiger partial charge >= 0.3 is 0 Å². The molecule has 1 rings (SSSR count). The van der Waals surface area contributed by atoms with Gasteiger partial charge in [-0.3, -0.25) is 9.69 Å². The SMILES string of the molecule is CCCN1CC(C)C(=O)CC1C. The van der Waals surface area contributed by atoms with Crippen molar-refractivity contribution in [2.75, 3.05) is 13.1 Å². The number of hydrogen-bond acceptors (Lipinski definition) is 2. The monoisotopic (exact) mass is 169 g/mol. The van der Waals surface area contributed by atoms with Crippen molar-refractivity contribution >= 4 is 5.78 Å². The number of rotatable bonds is 2. The quantitative estimate of drug-likeness (QED) is 0.627. The molecule has 1 heterocycles. The maximum Gasteiger partial charge on any atom is 0.138 e. The Kier molecular flexibility index (Phi) is 3.27. The molecule has 0 spiro atoms. The van der Waals surface area contributed by atoms with Gasteiger partial charge in [-0.25, -0.2) is 0 Å². The van der Waals surface area contributed by atoms with Gasteiger partial charge < -0.3 is 0 Å². The molecule has 2 nitrogen and oxygen atoms in total. The van der Waals surface area contributed by atoms with E-state index in [1.165, 1.54) is 6.42 Å². The summed E-state index contributed by atoms with van der Waals surface area (Å²) in [6, 6.07) is 0.466. The summed E-state index contributed by atoms with van der Waals surface area (Å²) in [4.78, 5) is 13.8. The van der Waals surface area contributed by atoms with E-state index in [1.54, 1.807) is 0 Å². The molecule has 70 valence electrons. The van der Waals surface area contributed by atoms with Crippen LogP contribution in [0.25, 0.3) is 0 Å². The molecule has 1 saturated heterocycles. The van der Waals surface area contributed by atoms with Crippen molar-refractivity contribution in [3.8, 4) is 0 Å². The summed E-state index contributed by atoms with van der Waals surface area (Å²) in [5.74, 6) is 0.697. The number of nitrogens with zero attached hydrogens (tertiary/aromatic N) is 1. The Morgan fingerprint density at radius 1 is 1.50 bits per heavy atom. The van der Waals surface area contributed by atoms with E-state index in [0.717, 1.165) is 19.5 Å². The number of carbonyl (C=O) groups excluding carboxylic acids is 1. The van der Waals surface area contributed by atoms with E-state index < -0.39 is 0 Å². The molecule has 0 aromatic heterocycles. The standard InChI is InChI=1S/C10H19NO/c1-4-5-11-7-8(2)10(12)6-9(11)3/h8-9H,4-7H2,1-3H3. The molecule has 0 saturated carbocycles. The lowest BCUT2D eigenvalue weighted by molar-refractivity contribution is -0.127. The zero-order valence-corrected chi connectivity index (χ0v) is 8.34. The van der Waals surface area contributed by atoms with E-state index in [0.29, 0.717) is 11.8 Å². The molecule has 0 radical (unpaired) electrons. The van der Waals surface area contributed by atoms with Crippen LogP contribution in [0.4, 0.5) is 0 Å². The molecule has 1 fully saturated rings. The first-order valence-corrected chi connectivity index (χ1v) is 4.92. The summed E-state index contributed by atoms with van der Waals surface area (Å²) in [6.07, 6.45) is 1.94. The molecule has 0 aromatic rings. The smallest absolute Gasteiger partial charge is 0.138 e. The number of likely N-dealkylation sites (tertiary alicyclic amines) is 1. The summed E-state index contributed by atoms with van der Waals surface area (Å²) < 4.78 is 0. The second-order valence-electron chi connectivity index (χ2n) is 3.92. The molecule has 0 amide bonds. The lowest BCUT2D eigenvalue weighted by atomic mass is 9.93. The minimum atomic E-state index is 0.257. The molecule has 1 aliphatic rings. The van der Waals surface area contributed by atoms with Gasteiger partial charge in [0.2, 0.25) is 0 Å². The van der Waals surface area contributed by atoms with Crippen LogP contribution in [-0.4, -0.2) is 29.8 Å². The summed E-state index contributed by atoms with van der Waals surface area (Å²) >= 11 is 0. The zero-order chi connectivity index (χ0) is 9.14. The molecular weight excluding hydrogens is 150 g/mol. The fraction of sp³-hybridized carbons (Fsp3) is 0.900. The third-order valence-corrected chi connectivity index (χ3v) is 2.69. The molecule has 2 heteroatoms. The van der Waals surface area contributed by atoms with Crippen LogP contribution in [0.5, 0.6) is 0 Å². The largest absolute Gasteiger partial charge is 0.300 e. The Balaban J connectivity index is 2.49. The molecule has 0 N–H and O–H groups in total.